The molecule has 146 valence electrons. The number of nitrogens with one attached hydrogen (secondary N) is 1. The number of phenolic OH excluding ortho intramolecular Hbond substituents is 1. The Morgan fingerprint density at radius 2 is 2.19 bits per heavy atom. The minimum atomic E-state index is 0.148. The third-order valence-corrected chi connectivity index (χ3v) is 5.80. The molecule has 1 heterocycles. The highest BCUT2D eigenvalue weighted by Crippen LogP contribution is 2.30. The second-order valence-electron chi connectivity index (χ2n) is 6.68. The van der Waals surface area contributed by atoms with Crippen LogP contribution in [0.3, 0.4) is 0 Å². The lowest BCUT2D eigenvalue weighted by Crippen LogP contribution is -2.38. The number of rotatable bonds is 6. The summed E-state index contributed by atoms with van der Waals surface area (Å²) in [7, 11) is 3.57. The van der Waals surface area contributed by atoms with Crippen LogP contribution in [0, 0.1) is 0 Å². The number of ether oxygens (including phenoxy) is 1. The molecule has 0 saturated heterocycles. The fourth-order valence-corrected chi connectivity index (χ4v) is 4.45. The maximum atomic E-state index is 10.3. The minimum absolute atomic E-state index is 0.148. The third kappa shape index (κ3) is 4.71. The lowest BCUT2D eigenvalue weighted by atomic mass is 10.0. The minimum Gasteiger partial charge on any atom is -0.504 e. The van der Waals surface area contributed by atoms with Crippen LogP contribution in [-0.4, -0.2) is 41.7 Å². The van der Waals surface area contributed by atoms with Crippen LogP contribution >= 0.6 is 11.3 Å². The first-order valence-corrected chi connectivity index (χ1v) is 10.3. The lowest BCUT2D eigenvalue weighted by Gasteiger charge is -2.21. The molecule has 27 heavy (non-hydrogen) atoms. The number of thiazole rings is 1. The number of aryl methyl sites for hydroxylation is 2. The van der Waals surface area contributed by atoms with E-state index < -0.39 is 0 Å². The van der Waals surface area contributed by atoms with Crippen LogP contribution in [-0.2, 0) is 25.9 Å². The molecule has 0 atom stereocenters. The van der Waals surface area contributed by atoms with Gasteiger partial charge in [-0.2, -0.15) is 0 Å². The van der Waals surface area contributed by atoms with Crippen LogP contribution in [0.2, 0.25) is 0 Å². The SMILES string of the molecule is CCNC(=NCc1cccc(OC)c1O)N(C)Cc1nc2c(s1)CCCC2. The zero-order chi connectivity index (χ0) is 19.2. The highest BCUT2D eigenvalue weighted by Gasteiger charge is 2.17. The third-order valence-electron chi connectivity index (χ3n) is 4.66. The van der Waals surface area contributed by atoms with E-state index in [0.717, 1.165) is 36.0 Å². The molecule has 1 aromatic heterocycles. The van der Waals surface area contributed by atoms with E-state index in [1.165, 1.54) is 29.8 Å². The Bertz CT molecular complexity index is 780. The van der Waals surface area contributed by atoms with Gasteiger partial charge in [-0.15, -0.1) is 11.3 Å². The van der Waals surface area contributed by atoms with Gasteiger partial charge < -0.3 is 20.1 Å². The lowest BCUT2D eigenvalue weighted by molar-refractivity contribution is 0.370. The molecule has 0 radical (unpaired) electrons. The number of para-hydroxylation sites is 1. The number of guanidine groups is 1. The summed E-state index contributed by atoms with van der Waals surface area (Å²) in [5, 5.41) is 14.7. The van der Waals surface area contributed by atoms with E-state index in [9.17, 15) is 5.11 Å². The predicted molar refractivity (Wildman–Crippen MR) is 110 cm³/mol. The van der Waals surface area contributed by atoms with Gasteiger partial charge in [0, 0.05) is 24.0 Å². The van der Waals surface area contributed by atoms with Crippen LogP contribution in [0.5, 0.6) is 11.5 Å². The number of phenols is 1. The fraction of sp³-hybridized carbons (Fsp3) is 0.500. The van der Waals surface area contributed by atoms with Gasteiger partial charge in [-0.3, -0.25) is 0 Å². The average molecular weight is 389 g/mol. The second-order valence-corrected chi connectivity index (χ2v) is 7.85. The number of benzene rings is 1. The molecule has 0 amide bonds. The highest BCUT2D eigenvalue weighted by atomic mass is 32.1. The molecule has 0 saturated carbocycles. The molecule has 0 aliphatic heterocycles. The number of hydrogen-bond donors (Lipinski definition) is 2. The molecule has 1 aliphatic carbocycles. The van der Waals surface area contributed by atoms with Crippen molar-refractivity contribution in [3.8, 4) is 11.5 Å². The maximum Gasteiger partial charge on any atom is 0.194 e. The number of nitrogens with zero attached hydrogens (tertiary/aromatic N) is 3. The summed E-state index contributed by atoms with van der Waals surface area (Å²) in [6.07, 6.45) is 4.80. The van der Waals surface area contributed by atoms with E-state index in [-0.39, 0.29) is 5.75 Å². The standard InChI is InChI=1S/C20H28N4O2S/c1-4-21-20(22-12-14-8-7-10-16(26-3)19(14)25)24(2)13-18-23-15-9-5-6-11-17(15)27-18/h7-8,10,25H,4-6,9,11-13H2,1-3H3,(H,21,22). The number of aromatic hydroxyl groups is 1. The maximum absolute atomic E-state index is 10.3. The van der Waals surface area contributed by atoms with Crippen molar-refractivity contribution < 1.29 is 9.84 Å². The van der Waals surface area contributed by atoms with Gasteiger partial charge in [-0.1, -0.05) is 12.1 Å². The van der Waals surface area contributed by atoms with Crippen molar-refractivity contribution in [3.63, 3.8) is 0 Å². The zero-order valence-electron chi connectivity index (χ0n) is 16.3. The molecule has 7 heteroatoms. The Morgan fingerprint density at radius 1 is 1.37 bits per heavy atom. The molecule has 2 N–H and O–H groups in total. The average Bonchev–Trinajstić information content (AvgIpc) is 3.08. The molecule has 6 nitrogen and oxygen atoms in total. The second kappa shape index (κ2) is 9.08. The summed E-state index contributed by atoms with van der Waals surface area (Å²) in [4.78, 5) is 13.1. The predicted octanol–water partition coefficient (Wildman–Crippen LogP) is 3.33. The number of methoxy groups -OCH3 is 1. The molecule has 0 fully saturated rings. The van der Waals surface area contributed by atoms with Crippen molar-refractivity contribution in [2.24, 2.45) is 4.99 Å². The van der Waals surface area contributed by atoms with Crippen molar-refractivity contribution >= 4 is 17.3 Å². The van der Waals surface area contributed by atoms with Crippen molar-refractivity contribution in [3.05, 3.63) is 39.3 Å². The largest absolute Gasteiger partial charge is 0.504 e. The molecular weight excluding hydrogens is 360 g/mol. The molecule has 0 spiro atoms. The number of aromatic nitrogens is 1. The number of fused-ring (bicyclic) bond motifs is 1. The fourth-order valence-electron chi connectivity index (χ4n) is 3.24. The summed E-state index contributed by atoms with van der Waals surface area (Å²) in [5.41, 5.74) is 2.03. The summed E-state index contributed by atoms with van der Waals surface area (Å²) >= 11 is 1.83. The Kier molecular flexibility index (Phi) is 6.55. The molecule has 0 unspecified atom stereocenters. The number of aliphatic imine (C=N–C) groups is 1. The molecule has 0 bridgehead atoms. The van der Waals surface area contributed by atoms with E-state index in [2.05, 4.69) is 17.1 Å². The van der Waals surface area contributed by atoms with E-state index in [1.807, 2.05) is 30.5 Å². The van der Waals surface area contributed by atoms with Gasteiger partial charge in [-0.25, -0.2) is 9.98 Å². The quantitative estimate of drug-likeness (QED) is 0.587. The van der Waals surface area contributed by atoms with Crippen molar-refractivity contribution in [1.82, 2.24) is 15.2 Å². The molecule has 1 aliphatic rings. The Labute approximate surface area is 164 Å². The van der Waals surface area contributed by atoms with E-state index in [1.54, 1.807) is 13.2 Å². The van der Waals surface area contributed by atoms with Crippen LogP contribution in [0.25, 0.3) is 0 Å². The van der Waals surface area contributed by atoms with E-state index in [4.69, 9.17) is 14.7 Å². The molecule has 3 rings (SSSR count). The van der Waals surface area contributed by atoms with E-state index in [0.29, 0.717) is 12.3 Å². The van der Waals surface area contributed by atoms with Crippen LogP contribution in [0.15, 0.2) is 23.2 Å². The monoisotopic (exact) mass is 388 g/mol. The zero-order valence-corrected chi connectivity index (χ0v) is 17.1. The summed E-state index contributed by atoms with van der Waals surface area (Å²) in [6.45, 7) is 3.94. The first-order chi connectivity index (χ1) is 13.1. The first-order valence-electron chi connectivity index (χ1n) is 9.44. The van der Waals surface area contributed by atoms with Gasteiger partial charge in [0.25, 0.3) is 0 Å². The summed E-state index contributed by atoms with van der Waals surface area (Å²) < 4.78 is 5.17. The van der Waals surface area contributed by atoms with Gasteiger partial charge in [0.2, 0.25) is 0 Å². The topological polar surface area (TPSA) is 70.0 Å². The highest BCUT2D eigenvalue weighted by molar-refractivity contribution is 7.11. The summed E-state index contributed by atoms with van der Waals surface area (Å²) in [6, 6.07) is 5.46. The normalized spacial score (nSPS) is 14.0. The summed E-state index contributed by atoms with van der Waals surface area (Å²) in [5.74, 6) is 1.41. The van der Waals surface area contributed by atoms with Gasteiger partial charge in [-0.05, 0) is 38.7 Å². The number of hydrogen-bond acceptors (Lipinski definition) is 5. The van der Waals surface area contributed by atoms with Gasteiger partial charge in [0.15, 0.2) is 17.5 Å². The molecule has 1 aromatic carbocycles. The Morgan fingerprint density at radius 3 is 2.93 bits per heavy atom. The molecular formula is C20H28N4O2S. The van der Waals surface area contributed by atoms with E-state index >= 15 is 0 Å². The van der Waals surface area contributed by atoms with Gasteiger partial charge in [0.1, 0.15) is 5.01 Å². The van der Waals surface area contributed by atoms with Crippen molar-refractivity contribution in [2.45, 2.75) is 45.7 Å². The van der Waals surface area contributed by atoms with Crippen LogP contribution in [0.4, 0.5) is 0 Å². The molecule has 2 aromatic rings. The first kappa shape index (κ1) is 19.5. The van der Waals surface area contributed by atoms with Crippen LogP contribution in [0.1, 0.15) is 40.9 Å². The Hall–Kier alpha value is -2.28. The smallest absolute Gasteiger partial charge is 0.194 e. The van der Waals surface area contributed by atoms with Crippen LogP contribution < -0.4 is 10.1 Å². The van der Waals surface area contributed by atoms with Gasteiger partial charge in [0.05, 0.1) is 25.9 Å². The van der Waals surface area contributed by atoms with Crippen molar-refractivity contribution in [2.75, 3.05) is 20.7 Å². The Balaban J connectivity index is 1.72. The van der Waals surface area contributed by atoms with Crippen molar-refractivity contribution in [1.29, 1.82) is 0 Å². The van der Waals surface area contributed by atoms with Gasteiger partial charge >= 0.3 is 0 Å².